The molecule has 1 aliphatic rings. The molecule has 0 radical (unpaired) electrons. The zero-order valence-corrected chi connectivity index (χ0v) is 8.49. The Morgan fingerprint density at radius 2 is 2.18 bits per heavy atom. The molecule has 0 amide bonds. The van der Waals surface area contributed by atoms with E-state index >= 15 is 0 Å². The highest BCUT2D eigenvalue weighted by molar-refractivity contribution is 5.81. The highest BCUT2D eigenvalue weighted by Crippen LogP contribution is 2.27. The number of carboxylic acids is 1. The molecule has 0 fully saturated rings. The average molecular weight is 236 g/mol. The van der Waals surface area contributed by atoms with E-state index in [-0.39, 0.29) is 11.4 Å². The Labute approximate surface area is 95.4 Å². The van der Waals surface area contributed by atoms with Crippen LogP contribution in [-0.4, -0.2) is 22.1 Å². The molecule has 0 saturated carbocycles. The van der Waals surface area contributed by atoms with Crippen LogP contribution in [0.2, 0.25) is 0 Å². The third kappa shape index (κ3) is 2.08. The second-order valence-electron chi connectivity index (χ2n) is 3.33. The standard InChI is InChI=1S/C10H8N2O5/c13-10(14)9-5-7(11-17-9)6-3-1-2-4-8(6)12(15)16/h1-5,9,11H,(H,13,14). The van der Waals surface area contributed by atoms with E-state index in [0.717, 1.165) is 0 Å². The van der Waals surface area contributed by atoms with Crippen molar-refractivity contribution in [1.29, 1.82) is 0 Å². The van der Waals surface area contributed by atoms with Gasteiger partial charge in [0, 0.05) is 6.07 Å². The first-order chi connectivity index (χ1) is 8.09. The molecule has 1 aliphatic heterocycles. The van der Waals surface area contributed by atoms with Crippen molar-refractivity contribution in [2.24, 2.45) is 0 Å². The zero-order chi connectivity index (χ0) is 12.4. The van der Waals surface area contributed by atoms with Crippen molar-refractivity contribution in [2.75, 3.05) is 0 Å². The van der Waals surface area contributed by atoms with E-state index in [0.29, 0.717) is 5.56 Å². The quantitative estimate of drug-likeness (QED) is 0.597. The van der Waals surface area contributed by atoms with Gasteiger partial charge in [0.25, 0.3) is 5.69 Å². The summed E-state index contributed by atoms with van der Waals surface area (Å²) in [6, 6.07) is 6.02. The van der Waals surface area contributed by atoms with E-state index in [1.54, 1.807) is 6.07 Å². The molecule has 0 aromatic heterocycles. The number of para-hydroxylation sites is 1. The van der Waals surface area contributed by atoms with Crippen LogP contribution in [0.15, 0.2) is 30.3 Å². The molecule has 1 aromatic rings. The number of nitro groups is 1. The molecule has 1 unspecified atom stereocenters. The molecule has 2 rings (SSSR count). The normalized spacial score (nSPS) is 18.4. The van der Waals surface area contributed by atoms with Crippen LogP contribution < -0.4 is 5.48 Å². The Morgan fingerprint density at radius 3 is 2.76 bits per heavy atom. The Bertz CT molecular complexity index is 511. The first kappa shape index (κ1) is 11.1. The van der Waals surface area contributed by atoms with Gasteiger partial charge in [-0.15, -0.1) is 0 Å². The molecule has 0 aliphatic carbocycles. The number of nitro benzene ring substituents is 1. The maximum Gasteiger partial charge on any atom is 0.339 e. The van der Waals surface area contributed by atoms with Gasteiger partial charge in [0.2, 0.25) is 6.10 Å². The van der Waals surface area contributed by atoms with Gasteiger partial charge in [0.05, 0.1) is 16.2 Å². The molecule has 2 N–H and O–H groups in total. The van der Waals surface area contributed by atoms with Crippen LogP contribution in [0.5, 0.6) is 0 Å². The number of hydrogen-bond acceptors (Lipinski definition) is 5. The highest BCUT2D eigenvalue weighted by Gasteiger charge is 2.27. The van der Waals surface area contributed by atoms with Gasteiger partial charge in [-0.1, -0.05) is 12.1 Å². The van der Waals surface area contributed by atoms with Gasteiger partial charge < -0.3 is 5.11 Å². The monoisotopic (exact) mass is 236 g/mol. The number of carbonyl (C=O) groups is 1. The van der Waals surface area contributed by atoms with Gasteiger partial charge in [-0.25, -0.2) is 4.79 Å². The summed E-state index contributed by atoms with van der Waals surface area (Å²) >= 11 is 0. The minimum atomic E-state index is -1.16. The summed E-state index contributed by atoms with van der Waals surface area (Å²) < 4.78 is 0. The van der Waals surface area contributed by atoms with Gasteiger partial charge in [0.15, 0.2) is 0 Å². The summed E-state index contributed by atoms with van der Waals surface area (Å²) in [5.74, 6) is -1.16. The lowest BCUT2D eigenvalue weighted by molar-refractivity contribution is -0.385. The number of hydrogen-bond donors (Lipinski definition) is 2. The molecule has 17 heavy (non-hydrogen) atoms. The second kappa shape index (κ2) is 4.22. The highest BCUT2D eigenvalue weighted by atomic mass is 16.7. The van der Waals surface area contributed by atoms with Gasteiger partial charge in [-0.2, -0.15) is 0 Å². The molecule has 1 atom stereocenters. The fourth-order valence-corrected chi connectivity index (χ4v) is 1.47. The Hall–Kier alpha value is -2.41. The zero-order valence-electron chi connectivity index (χ0n) is 8.49. The predicted molar refractivity (Wildman–Crippen MR) is 56.7 cm³/mol. The molecule has 1 aromatic carbocycles. The summed E-state index contributed by atoms with van der Waals surface area (Å²) in [6.45, 7) is 0. The summed E-state index contributed by atoms with van der Waals surface area (Å²) in [4.78, 5) is 25.7. The van der Waals surface area contributed by atoms with Crippen molar-refractivity contribution < 1.29 is 19.7 Å². The minimum Gasteiger partial charge on any atom is -0.479 e. The number of carboxylic acid groups (broad SMARTS) is 1. The Kier molecular flexibility index (Phi) is 2.75. The van der Waals surface area contributed by atoms with Crippen LogP contribution in [0.1, 0.15) is 5.56 Å². The summed E-state index contributed by atoms with van der Waals surface area (Å²) in [5.41, 5.74) is 2.84. The van der Waals surface area contributed by atoms with Gasteiger partial charge >= 0.3 is 5.97 Å². The third-order valence-corrected chi connectivity index (χ3v) is 2.25. The summed E-state index contributed by atoms with van der Waals surface area (Å²) in [5, 5.41) is 19.5. The largest absolute Gasteiger partial charge is 0.479 e. The lowest BCUT2D eigenvalue weighted by Gasteiger charge is -2.04. The number of aliphatic carboxylic acids is 1. The molecule has 7 heteroatoms. The topological polar surface area (TPSA) is 102 Å². The van der Waals surface area contributed by atoms with Crippen LogP contribution in [0, 0.1) is 10.1 Å². The molecule has 0 saturated heterocycles. The van der Waals surface area contributed by atoms with Crippen molar-refractivity contribution >= 4 is 17.4 Å². The van der Waals surface area contributed by atoms with E-state index in [9.17, 15) is 14.9 Å². The number of nitrogens with one attached hydrogen (secondary N) is 1. The number of benzene rings is 1. The molecular formula is C10H8N2O5. The third-order valence-electron chi connectivity index (χ3n) is 2.25. The first-order valence-corrected chi connectivity index (χ1v) is 4.69. The predicted octanol–water partition coefficient (Wildman–Crippen LogP) is 0.924. The number of nitrogens with zero attached hydrogens (tertiary/aromatic N) is 1. The summed E-state index contributed by atoms with van der Waals surface area (Å²) in [7, 11) is 0. The molecule has 88 valence electrons. The van der Waals surface area contributed by atoms with Crippen molar-refractivity contribution in [3.8, 4) is 0 Å². The SMILES string of the molecule is O=C(O)C1C=C(c2ccccc2[N+](=O)[O-])NO1. The van der Waals surface area contributed by atoms with E-state index < -0.39 is 17.0 Å². The molecule has 7 nitrogen and oxygen atoms in total. The van der Waals surface area contributed by atoms with Gasteiger partial charge in [0.1, 0.15) is 0 Å². The average Bonchev–Trinajstić information content (AvgIpc) is 2.78. The number of rotatable bonds is 3. The summed E-state index contributed by atoms with van der Waals surface area (Å²) in [6.07, 6.45) is 0.148. The molecule has 1 heterocycles. The molecule has 0 bridgehead atoms. The van der Waals surface area contributed by atoms with E-state index in [4.69, 9.17) is 9.94 Å². The van der Waals surface area contributed by atoms with E-state index in [1.807, 2.05) is 0 Å². The van der Waals surface area contributed by atoms with Crippen molar-refractivity contribution in [3.63, 3.8) is 0 Å². The lowest BCUT2D eigenvalue weighted by Crippen LogP contribution is -2.21. The van der Waals surface area contributed by atoms with Gasteiger partial charge in [-0.05, 0) is 12.1 Å². The van der Waals surface area contributed by atoms with E-state index in [2.05, 4.69) is 5.48 Å². The van der Waals surface area contributed by atoms with Crippen LogP contribution in [0.3, 0.4) is 0 Å². The maximum absolute atomic E-state index is 10.8. The fraction of sp³-hybridized carbons (Fsp3) is 0.100. The fourth-order valence-electron chi connectivity index (χ4n) is 1.47. The van der Waals surface area contributed by atoms with Gasteiger partial charge in [-0.3, -0.25) is 20.4 Å². The van der Waals surface area contributed by atoms with Crippen LogP contribution >= 0.6 is 0 Å². The Morgan fingerprint density at radius 1 is 1.47 bits per heavy atom. The van der Waals surface area contributed by atoms with Crippen LogP contribution in [-0.2, 0) is 9.63 Å². The van der Waals surface area contributed by atoms with Crippen LogP contribution in [0.4, 0.5) is 5.69 Å². The smallest absolute Gasteiger partial charge is 0.339 e. The maximum atomic E-state index is 10.8. The van der Waals surface area contributed by atoms with Crippen LogP contribution in [0.25, 0.3) is 5.70 Å². The Balaban J connectivity index is 2.39. The molecular weight excluding hydrogens is 228 g/mol. The van der Waals surface area contributed by atoms with E-state index in [1.165, 1.54) is 24.3 Å². The van der Waals surface area contributed by atoms with Crippen molar-refractivity contribution in [1.82, 2.24) is 5.48 Å². The molecule has 0 spiro atoms. The lowest BCUT2D eigenvalue weighted by atomic mass is 10.1. The van der Waals surface area contributed by atoms with Crippen molar-refractivity contribution in [2.45, 2.75) is 6.10 Å². The minimum absolute atomic E-state index is 0.110. The number of hydroxylamine groups is 1. The first-order valence-electron chi connectivity index (χ1n) is 4.69. The second-order valence-corrected chi connectivity index (χ2v) is 3.33. The van der Waals surface area contributed by atoms with Crippen molar-refractivity contribution in [3.05, 3.63) is 46.0 Å².